The van der Waals surface area contributed by atoms with Gasteiger partial charge < -0.3 is 9.47 Å². The molecule has 5 heteroatoms. The van der Waals surface area contributed by atoms with E-state index in [-0.39, 0.29) is 24.8 Å². The minimum absolute atomic E-state index is 0.245. The Labute approximate surface area is 140 Å². The van der Waals surface area contributed by atoms with Crippen molar-refractivity contribution in [2.45, 2.75) is 39.5 Å². The summed E-state index contributed by atoms with van der Waals surface area (Å²) in [6, 6.07) is 7.89. The van der Waals surface area contributed by atoms with Gasteiger partial charge in [-0.2, -0.15) is 0 Å². The molecule has 0 atom stereocenters. The van der Waals surface area contributed by atoms with Crippen LogP contribution >= 0.6 is 15.9 Å². The molecule has 0 bridgehead atoms. The van der Waals surface area contributed by atoms with Crippen LogP contribution in [-0.2, 0) is 25.5 Å². The summed E-state index contributed by atoms with van der Waals surface area (Å²) in [4.78, 5) is 22.9. The number of esters is 2. The van der Waals surface area contributed by atoms with E-state index in [4.69, 9.17) is 9.47 Å². The molecule has 0 saturated carbocycles. The third-order valence-corrected chi connectivity index (χ3v) is 3.38. The fourth-order valence-corrected chi connectivity index (χ4v) is 2.20. The molecule has 122 valence electrons. The summed E-state index contributed by atoms with van der Waals surface area (Å²) in [7, 11) is 0. The SMILES string of the molecule is CC(C)COC(=O)CCCC(=O)OCCc1cccc(Br)c1. The van der Waals surface area contributed by atoms with E-state index in [0.29, 0.717) is 32.0 Å². The van der Waals surface area contributed by atoms with Crippen LogP contribution in [0.2, 0.25) is 0 Å². The average molecular weight is 371 g/mol. The maximum atomic E-state index is 11.6. The van der Waals surface area contributed by atoms with Crippen LogP contribution < -0.4 is 0 Å². The number of benzene rings is 1. The highest BCUT2D eigenvalue weighted by Crippen LogP contribution is 2.12. The van der Waals surface area contributed by atoms with Gasteiger partial charge in [-0.1, -0.05) is 41.9 Å². The Balaban J connectivity index is 2.10. The number of rotatable bonds is 9. The lowest BCUT2D eigenvalue weighted by molar-refractivity contribution is -0.146. The van der Waals surface area contributed by atoms with Gasteiger partial charge in [-0.05, 0) is 30.0 Å². The zero-order chi connectivity index (χ0) is 16.4. The monoisotopic (exact) mass is 370 g/mol. The molecule has 0 aliphatic rings. The highest BCUT2D eigenvalue weighted by molar-refractivity contribution is 9.10. The minimum atomic E-state index is -0.272. The first-order valence-corrected chi connectivity index (χ1v) is 8.32. The van der Waals surface area contributed by atoms with E-state index in [9.17, 15) is 9.59 Å². The topological polar surface area (TPSA) is 52.6 Å². The molecule has 0 heterocycles. The largest absolute Gasteiger partial charge is 0.465 e. The first kappa shape index (κ1) is 18.7. The van der Waals surface area contributed by atoms with Crippen molar-refractivity contribution in [2.24, 2.45) is 5.92 Å². The summed E-state index contributed by atoms with van der Waals surface area (Å²) in [5.41, 5.74) is 1.11. The van der Waals surface area contributed by atoms with Gasteiger partial charge in [-0.3, -0.25) is 9.59 Å². The van der Waals surface area contributed by atoms with E-state index in [2.05, 4.69) is 15.9 Å². The molecule has 1 aromatic rings. The van der Waals surface area contributed by atoms with Crippen molar-refractivity contribution >= 4 is 27.9 Å². The summed E-state index contributed by atoms with van der Waals surface area (Å²) in [5, 5.41) is 0. The van der Waals surface area contributed by atoms with Gasteiger partial charge in [0.1, 0.15) is 0 Å². The summed E-state index contributed by atoms with van der Waals surface area (Å²) in [6.45, 7) is 4.74. The van der Waals surface area contributed by atoms with Gasteiger partial charge in [-0.15, -0.1) is 0 Å². The Hall–Kier alpha value is -1.36. The zero-order valence-electron chi connectivity index (χ0n) is 13.1. The lowest BCUT2D eigenvalue weighted by atomic mass is 10.2. The molecule has 4 nitrogen and oxygen atoms in total. The van der Waals surface area contributed by atoms with Crippen molar-refractivity contribution in [1.29, 1.82) is 0 Å². The van der Waals surface area contributed by atoms with E-state index in [1.54, 1.807) is 0 Å². The summed E-state index contributed by atoms with van der Waals surface area (Å²) < 4.78 is 11.2. The van der Waals surface area contributed by atoms with Crippen molar-refractivity contribution in [2.75, 3.05) is 13.2 Å². The number of carbonyl (C=O) groups excluding carboxylic acids is 2. The predicted octanol–water partition coefficient (Wildman–Crippen LogP) is 3.90. The lowest BCUT2D eigenvalue weighted by Crippen LogP contribution is -2.11. The van der Waals surface area contributed by atoms with Gasteiger partial charge in [0.15, 0.2) is 0 Å². The Kier molecular flexibility index (Phi) is 8.82. The molecule has 1 aromatic carbocycles. The molecule has 0 N–H and O–H groups in total. The molecule has 0 aliphatic heterocycles. The van der Waals surface area contributed by atoms with E-state index < -0.39 is 0 Å². The third-order valence-electron chi connectivity index (χ3n) is 2.88. The maximum Gasteiger partial charge on any atom is 0.305 e. The summed E-state index contributed by atoms with van der Waals surface area (Å²) >= 11 is 3.40. The Morgan fingerprint density at radius 3 is 2.45 bits per heavy atom. The maximum absolute atomic E-state index is 11.6. The molecule has 0 radical (unpaired) electrons. The van der Waals surface area contributed by atoms with Gasteiger partial charge in [0, 0.05) is 23.7 Å². The number of hydrogen-bond acceptors (Lipinski definition) is 4. The fraction of sp³-hybridized carbons (Fsp3) is 0.529. The highest BCUT2D eigenvalue weighted by atomic mass is 79.9. The zero-order valence-corrected chi connectivity index (χ0v) is 14.7. The predicted molar refractivity (Wildman–Crippen MR) is 88.5 cm³/mol. The molecule has 0 unspecified atom stereocenters. The standard InChI is InChI=1S/C17H23BrO4/c1-13(2)12-22-17(20)8-4-7-16(19)21-10-9-14-5-3-6-15(18)11-14/h3,5-6,11,13H,4,7-10,12H2,1-2H3. The molecule has 0 amide bonds. The molecule has 0 aromatic heterocycles. The van der Waals surface area contributed by atoms with Crippen molar-refractivity contribution in [3.05, 3.63) is 34.3 Å². The van der Waals surface area contributed by atoms with Gasteiger partial charge in [0.2, 0.25) is 0 Å². The number of ether oxygens (including phenoxy) is 2. The van der Waals surface area contributed by atoms with Crippen LogP contribution in [0.3, 0.4) is 0 Å². The van der Waals surface area contributed by atoms with E-state index in [1.165, 1.54) is 0 Å². The second-order valence-electron chi connectivity index (χ2n) is 5.53. The van der Waals surface area contributed by atoms with E-state index in [1.807, 2.05) is 38.1 Å². The van der Waals surface area contributed by atoms with Crippen LogP contribution in [0, 0.1) is 5.92 Å². The lowest BCUT2D eigenvalue weighted by Gasteiger charge is -2.07. The molecule has 0 saturated heterocycles. The first-order chi connectivity index (χ1) is 10.5. The molecule has 0 aliphatic carbocycles. The summed E-state index contributed by atoms with van der Waals surface area (Å²) in [6.07, 6.45) is 1.65. The Bertz CT molecular complexity index is 485. The molecular formula is C17H23BrO4. The van der Waals surface area contributed by atoms with E-state index >= 15 is 0 Å². The van der Waals surface area contributed by atoms with Gasteiger partial charge >= 0.3 is 11.9 Å². The molecule has 0 fully saturated rings. The number of hydrogen-bond donors (Lipinski definition) is 0. The Morgan fingerprint density at radius 2 is 1.82 bits per heavy atom. The molecule has 1 rings (SSSR count). The molecular weight excluding hydrogens is 348 g/mol. The highest BCUT2D eigenvalue weighted by Gasteiger charge is 2.08. The normalized spacial score (nSPS) is 10.5. The van der Waals surface area contributed by atoms with Crippen molar-refractivity contribution in [1.82, 2.24) is 0 Å². The number of carbonyl (C=O) groups is 2. The smallest absolute Gasteiger partial charge is 0.305 e. The Morgan fingerprint density at radius 1 is 1.14 bits per heavy atom. The minimum Gasteiger partial charge on any atom is -0.465 e. The van der Waals surface area contributed by atoms with E-state index in [0.717, 1.165) is 10.0 Å². The van der Waals surface area contributed by atoms with Crippen molar-refractivity contribution < 1.29 is 19.1 Å². The van der Waals surface area contributed by atoms with Crippen LogP contribution in [0.5, 0.6) is 0 Å². The molecule has 22 heavy (non-hydrogen) atoms. The van der Waals surface area contributed by atoms with Crippen LogP contribution in [-0.4, -0.2) is 25.2 Å². The summed E-state index contributed by atoms with van der Waals surface area (Å²) in [5.74, 6) is -0.200. The van der Waals surface area contributed by atoms with Crippen LogP contribution in [0.1, 0.15) is 38.7 Å². The molecule has 0 spiro atoms. The van der Waals surface area contributed by atoms with Crippen LogP contribution in [0.4, 0.5) is 0 Å². The van der Waals surface area contributed by atoms with Crippen molar-refractivity contribution in [3.8, 4) is 0 Å². The second kappa shape index (κ2) is 10.4. The third kappa shape index (κ3) is 8.82. The van der Waals surface area contributed by atoms with Crippen LogP contribution in [0.25, 0.3) is 0 Å². The van der Waals surface area contributed by atoms with Gasteiger partial charge in [0.25, 0.3) is 0 Å². The van der Waals surface area contributed by atoms with Gasteiger partial charge in [-0.25, -0.2) is 0 Å². The second-order valence-corrected chi connectivity index (χ2v) is 6.45. The fourth-order valence-electron chi connectivity index (χ4n) is 1.76. The van der Waals surface area contributed by atoms with Crippen molar-refractivity contribution in [3.63, 3.8) is 0 Å². The first-order valence-electron chi connectivity index (χ1n) is 7.53. The quantitative estimate of drug-likeness (QED) is 0.618. The number of halogens is 1. The average Bonchev–Trinajstić information content (AvgIpc) is 2.45. The van der Waals surface area contributed by atoms with Crippen LogP contribution in [0.15, 0.2) is 28.7 Å². The van der Waals surface area contributed by atoms with Gasteiger partial charge in [0.05, 0.1) is 13.2 Å².